The van der Waals surface area contributed by atoms with Crippen LogP contribution in [0.5, 0.6) is 11.5 Å². The lowest BCUT2D eigenvalue weighted by Gasteiger charge is -2.55. The van der Waals surface area contributed by atoms with Gasteiger partial charge in [-0.05, 0) is 91.2 Å². The number of nitrogens with zero attached hydrogens (tertiary/aromatic N) is 1. The molecular formula is C32H49NO7. The van der Waals surface area contributed by atoms with E-state index in [0.717, 1.165) is 49.2 Å². The monoisotopic (exact) mass is 559 g/mol. The Kier molecular flexibility index (Phi) is 9.74. The van der Waals surface area contributed by atoms with Gasteiger partial charge in [0.2, 0.25) is 0 Å². The van der Waals surface area contributed by atoms with Crippen LogP contribution >= 0.6 is 0 Å². The highest BCUT2D eigenvalue weighted by atomic mass is 16.6. The van der Waals surface area contributed by atoms with Gasteiger partial charge < -0.3 is 33.7 Å². The Bertz CT molecular complexity index is 1040. The summed E-state index contributed by atoms with van der Waals surface area (Å²) in [4.78, 5) is 14.5. The average molecular weight is 560 g/mol. The normalized spacial score (nSPS) is 25.4. The minimum atomic E-state index is -0.494. The largest absolute Gasteiger partial charge is 0.491 e. The first-order valence-electron chi connectivity index (χ1n) is 14.8. The van der Waals surface area contributed by atoms with Crippen LogP contribution < -0.4 is 9.47 Å². The van der Waals surface area contributed by atoms with E-state index in [1.165, 1.54) is 5.57 Å². The molecular weight excluding hydrogens is 510 g/mol. The van der Waals surface area contributed by atoms with E-state index >= 15 is 0 Å². The number of hydrogen-bond acceptors (Lipinski definition) is 7. The lowest BCUT2D eigenvalue weighted by Crippen LogP contribution is -2.56. The third kappa shape index (κ3) is 7.51. The van der Waals surface area contributed by atoms with Crippen LogP contribution in [0, 0.1) is 11.3 Å². The number of allylic oxidation sites excluding steroid dienone is 2. The first-order valence-corrected chi connectivity index (χ1v) is 14.8. The van der Waals surface area contributed by atoms with Crippen LogP contribution in [0.15, 0.2) is 29.8 Å². The van der Waals surface area contributed by atoms with Crippen molar-refractivity contribution in [3.8, 4) is 11.5 Å². The molecule has 0 unspecified atom stereocenters. The van der Waals surface area contributed by atoms with Crippen molar-refractivity contribution in [3.63, 3.8) is 0 Å². The van der Waals surface area contributed by atoms with E-state index in [0.29, 0.717) is 39.5 Å². The number of aliphatic hydroxyl groups excluding tert-OH is 1. The summed E-state index contributed by atoms with van der Waals surface area (Å²) in [6, 6.07) is 6.03. The van der Waals surface area contributed by atoms with Gasteiger partial charge in [-0.15, -0.1) is 0 Å². The molecule has 3 aliphatic heterocycles. The molecule has 0 aliphatic carbocycles. The number of fused-ring (bicyclic) bond motifs is 3. The molecule has 1 aromatic carbocycles. The summed E-state index contributed by atoms with van der Waals surface area (Å²) in [5.41, 5.74) is 1.51. The van der Waals surface area contributed by atoms with Gasteiger partial charge in [0.05, 0.1) is 32.5 Å². The van der Waals surface area contributed by atoms with Crippen molar-refractivity contribution >= 4 is 6.09 Å². The number of hydrogen-bond donors (Lipinski definition) is 1. The molecule has 0 aromatic heterocycles. The highest BCUT2D eigenvalue weighted by Gasteiger charge is 2.54. The zero-order valence-corrected chi connectivity index (χ0v) is 25.3. The van der Waals surface area contributed by atoms with Crippen molar-refractivity contribution in [2.45, 2.75) is 91.0 Å². The summed E-state index contributed by atoms with van der Waals surface area (Å²) in [7, 11) is 0. The van der Waals surface area contributed by atoms with Gasteiger partial charge in [0.1, 0.15) is 29.3 Å². The summed E-state index contributed by atoms with van der Waals surface area (Å²) in [6.45, 7) is 15.4. The Balaban J connectivity index is 1.50. The van der Waals surface area contributed by atoms with Crippen molar-refractivity contribution in [2.75, 3.05) is 46.1 Å². The fourth-order valence-electron chi connectivity index (χ4n) is 6.22. The number of rotatable bonds is 9. The number of carbonyl (C=O) groups excluding carboxylic acids is 1. The van der Waals surface area contributed by atoms with Crippen LogP contribution in [0.1, 0.15) is 85.3 Å². The predicted molar refractivity (Wildman–Crippen MR) is 154 cm³/mol. The molecule has 40 heavy (non-hydrogen) atoms. The summed E-state index contributed by atoms with van der Waals surface area (Å²) in [6.07, 6.45) is 6.65. The molecule has 8 heteroatoms. The molecule has 0 saturated carbocycles. The van der Waals surface area contributed by atoms with Crippen LogP contribution in [0.2, 0.25) is 0 Å². The number of benzene rings is 1. The Morgan fingerprint density at radius 1 is 1.18 bits per heavy atom. The second-order valence-corrected chi connectivity index (χ2v) is 13.1. The SMILES string of the molecule is CC(C)=CCC[C@@]1(C)Oc2cc(OCCOCCO)ccc2[C@H]2OCC3(CCN(C(=O)OC(C)(C)C)CC3)C[C@@H]21. The Morgan fingerprint density at radius 2 is 1.93 bits per heavy atom. The fourth-order valence-corrected chi connectivity index (χ4v) is 6.22. The van der Waals surface area contributed by atoms with Gasteiger partial charge in [-0.3, -0.25) is 0 Å². The van der Waals surface area contributed by atoms with Gasteiger partial charge in [0.25, 0.3) is 0 Å². The Hall–Kier alpha value is -2.29. The van der Waals surface area contributed by atoms with E-state index in [-0.39, 0.29) is 30.1 Å². The molecule has 8 nitrogen and oxygen atoms in total. The quantitative estimate of drug-likeness (QED) is 0.290. The van der Waals surface area contributed by atoms with Crippen LogP contribution in [-0.2, 0) is 14.2 Å². The van der Waals surface area contributed by atoms with Gasteiger partial charge in [0, 0.05) is 30.6 Å². The van der Waals surface area contributed by atoms with E-state index < -0.39 is 11.2 Å². The van der Waals surface area contributed by atoms with Gasteiger partial charge >= 0.3 is 6.09 Å². The van der Waals surface area contributed by atoms with E-state index in [1.807, 2.05) is 37.8 Å². The van der Waals surface area contributed by atoms with E-state index in [1.54, 1.807) is 0 Å². The van der Waals surface area contributed by atoms with Crippen molar-refractivity contribution in [3.05, 3.63) is 35.4 Å². The Labute approximate surface area is 239 Å². The van der Waals surface area contributed by atoms with Crippen molar-refractivity contribution in [2.24, 2.45) is 11.3 Å². The maximum absolute atomic E-state index is 12.7. The zero-order valence-electron chi connectivity index (χ0n) is 25.3. The molecule has 0 radical (unpaired) electrons. The van der Waals surface area contributed by atoms with Gasteiger partial charge in [-0.25, -0.2) is 4.79 Å². The molecule has 3 aliphatic rings. The van der Waals surface area contributed by atoms with Gasteiger partial charge in [-0.1, -0.05) is 11.6 Å². The number of carbonyl (C=O) groups is 1. The van der Waals surface area contributed by atoms with E-state index in [4.69, 9.17) is 28.8 Å². The van der Waals surface area contributed by atoms with Crippen molar-refractivity contribution in [1.82, 2.24) is 4.90 Å². The fraction of sp³-hybridized carbons (Fsp3) is 0.719. The Morgan fingerprint density at radius 3 is 2.60 bits per heavy atom. The molecule has 1 N–H and O–H groups in total. The van der Waals surface area contributed by atoms with Crippen molar-refractivity contribution in [1.29, 1.82) is 0 Å². The average Bonchev–Trinajstić information content (AvgIpc) is 2.88. The smallest absolute Gasteiger partial charge is 0.410 e. The van der Waals surface area contributed by atoms with Gasteiger partial charge in [0.15, 0.2) is 0 Å². The first kappa shape index (κ1) is 30.7. The number of ether oxygens (including phenoxy) is 5. The highest BCUT2D eigenvalue weighted by molar-refractivity contribution is 5.68. The second kappa shape index (κ2) is 12.7. The number of likely N-dealkylation sites (tertiary alicyclic amines) is 1. The molecule has 3 heterocycles. The minimum Gasteiger partial charge on any atom is -0.491 e. The first-order chi connectivity index (χ1) is 18.9. The molecule has 0 bridgehead atoms. The molecule has 3 atom stereocenters. The predicted octanol–water partition coefficient (Wildman–Crippen LogP) is 6.07. The molecule has 2 saturated heterocycles. The maximum Gasteiger partial charge on any atom is 0.410 e. The van der Waals surface area contributed by atoms with Crippen LogP contribution in [0.25, 0.3) is 0 Å². The number of amides is 1. The zero-order chi connectivity index (χ0) is 29.0. The van der Waals surface area contributed by atoms with Crippen LogP contribution in [0.3, 0.4) is 0 Å². The molecule has 1 spiro atoms. The summed E-state index contributed by atoms with van der Waals surface area (Å²) in [5, 5.41) is 8.88. The van der Waals surface area contributed by atoms with E-state index in [2.05, 4.69) is 32.9 Å². The molecule has 224 valence electrons. The molecule has 1 amide bonds. The van der Waals surface area contributed by atoms with Crippen LogP contribution in [-0.4, -0.2) is 73.4 Å². The van der Waals surface area contributed by atoms with Crippen molar-refractivity contribution < 1.29 is 33.6 Å². The van der Waals surface area contributed by atoms with Crippen LogP contribution in [0.4, 0.5) is 4.79 Å². The highest BCUT2D eigenvalue weighted by Crippen LogP contribution is 2.57. The maximum atomic E-state index is 12.7. The summed E-state index contributed by atoms with van der Waals surface area (Å²) in [5.74, 6) is 1.76. The van der Waals surface area contributed by atoms with E-state index in [9.17, 15) is 4.79 Å². The number of aliphatic hydroxyl groups is 1. The molecule has 4 rings (SSSR count). The summed E-state index contributed by atoms with van der Waals surface area (Å²) >= 11 is 0. The third-order valence-corrected chi connectivity index (χ3v) is 8.41. The topological polar surface area (TPSA) is 86.7 Å². The lowest BCUT2D eigenvalue weighted by molar-refractivity contribution is -0.179. The van der Waals surface area contributed by atoms with Gasteiger partial charge in [-0.2, -0.15) is 0 Å². The second-order valence-electron chi connectivity index (χ2n) is 13.1. The third-order valence-electron chi connectivity index (χ3n) is 8.41. The molecule has 2 fully saturated rings. The standard InChI is InChI=1S/C32H49NO7/c1-23(2)8-7-11-31(6)26-21-32(12-14-33(15-13-32)29(35)40-30(3,4)5)22-38-28(26)25-10-9-24(20-27(25)39-31)37-19-18-36-17-16-34/h8-10,20,26,28,34H,7,11-19,21-22H2,1-6H3/t26-,28+,31+/m0/s1. The number of piperidine rings is 1. The lowest BCUT2D eigenvalue weighted by atomic mass is 9.63. The summed E-state index contributed by atoms with van der Waals surface area (Å²) < 4.78 is 30.5. The molecule has 1 aromatic rings. The minimum absolute atomic E-state index is 0.00382.